The van der Waals surface area contributed by atoms with Crippen molar-refractivity contribution in [3.8, 4) is 0 Å². The van der Waals surface area contributed by atoms with Crippen molar-refractivity contribution in [2.75, 3.05) is 25.0 Å². The van der Waals surface area contributed by atoms with Gasteiger partial charge in [0.15, 0.2) is 11.7 Å². The number of rotatable bonds is 5. The van der Waals surface area contributed by atoms with Crippen LogP contribution in [0.25, 0.3) is 0 Å². The summed E-state index contributed by atoms with van der Waals surface area (Å²) >= 11 is 0. The van der Waals surface area contributed by atoms with Gasteiger partial charge in [0.25, 0.3) is 0 Å². The number of nitrogens with one attached hydrogen (secondary N) is 2. The summed E-state index contributed by atoms with van der Waals surface area (Å²) in [6, 6.07) is 8.99. The third-order valence-corrected chi connectivity index (χ3v) is 4.76. The Bertz CT molecular complexity index is 773. The monoisotopic (exact) mass is 373 g/mol. The zero-order valence-corrected chi connectivity index (χ0v) is 16.2. The van der Waals surface area contributed by atoms with E-state index in [1.54, 1.807) is 19.2 Å². The Morgan fingerprint density at radius 2 is 2.26 bits per heavy atom. The van der Waals surface area contributed by atoms with Gasteiger partial charge in [-0.25, -0.2) is 4.39 Å². The molecule has 0 bridgehead atoms. The van der Waals surface area contributed by atoms with Crippen LogP contribution in [-0.4, -0.2) is 37.3 Å². The van der Waals surface area contributed by atoms with Crippen LogP contribution in [0, 0.1) is 5.82 Å². The molecule has 2 N–H and O–H groups in total. The minimum absolute atomic E-state index is 0.201. The van der Waals surface area contributed by atoms with Crippen LogP contribution < -0.4 is 15.5 Å². The van der Waals surface area contributed by atoms with Crippen molar-refractivity contribution < 1.29 is 8.91 Å². The van der Waals surface area contributed by atoms with E-state index in [0.717, 1.165) is 49.0 Å². The second-order valence-electron chi connectivity index (χ2n) is 7.21. The number of guanidine groups is 1. The molecule has 1 unspecified atom stereocenters. The van der Waals surface area contributed by atoms with Gasteiger partial charge in [-0.15, -0.1) is 0 Å². The topological polar surface area (TPSA) is 65.7 Å². The fourth-order valence-electron chi connectivity index (χ4n) is 3.25. The second-order valence-corrected chi connectivity index (χ2v) is 7.21. The van der Waals surface area contributed by atoms with E-state index in [-0.39, 0.29) is 11.9 Å². The van der Waals surface area contributed by atoms with Crippen molar-refractivity contribution in [3.63, 3.8) is 0 Å². The molecule has 1 aromatic carbocycles. The average molecular weight is 373 g/mol. The normalized spacial score (nSPS) is 18.0. The van der Waals surface area contributed by atoms with Gasteiger partial charge >= 0.3 is 0 Å². The van der Waals surface area contributed by atoms with Crippen LogP contribution >= 0.6 is 0 Å². The van der Waals surface area contributed by atoms with Crippen molar-refractivity contribution in [2.24, 2.45) is 4.99 Å². The van der Waals surface area contributed by atoms with Gasteiger partial charge in [0, 0.05) is 37.9 Å². The van der Waals surface area contributed by atoms with Crippen molar-refractivity contribution in [1.82, 2.24) is 15.8 Å². The summed E-state index contributed by atoms with van der Waals surface area (Å²) in [5.41, 5.74) is 1.88. The Kier molecular flexibility index (Phi) is 6.32. The summed E-state index contributed by atoms with van der Waals surface area (Å²) in [5, 5.41) is 10.8. The standard InChI is InChI=1S/C20H28FN5O/c1-14(2)19-11-18(27-25-19)12-23-20(22-3)24-16-7-5-9-26(13-16)17-8-4-6-15(21)10-17/h4,6,8,10-11,14,16H,5,7,9,12-13H2,1-3H3,(H2,22,23,24). The second kappa shape index (κ2) is 8.88. The molecule has 1 aliphatic heterocycles. The average Bonchev–Trinajstić information content (AvgIpc) is 3.15. The first-order chi connectivity index (χ1) is 13.0. The molecule has 0 radical (unpaired) electrons. The number of hydrogen-bond acceptors (Lipinski definition) is 4. The van der Waals surface area contributed by atoms with Gasteiger partial charge < -0.3 is 20.1 Å². The van der Waals surface area contributed by atoms with Crippen LogP contribution in [0.2, 0.25) is 0 Å². The summed E-state index contributed by atoms with van der Waals surface area (Å²) in [7, 11) is 1.75. The molecule has 146 valence electrons. The number of piperidine rings is 1. The fraction of sp³-hybridized carbons (Fsp3) is 0.500. The zero-order chi connectivity index (χ0) is 19.2. The van der Waals surface area contributed by atoms with Crippen molar-refractivity contribution in [1.29, 1.82) is 0 Å². The van der Waals surface area contributed by atoms with E-state index in [2.05, 4.69) is 39.5 Å². The molecule has 1 aliphatic rings. The number of benzene rings is 1. The Balaban J connectivity index is 1.54. The number of aromatic nitrogens is 1. The van der Waals surface area contributed by atoms with Crippen LogP contribution in [-0.2, 0) is 6.54 Å². The molecule has 3 rings (SSSR count). The smallest absolute Gasteiger partial charge is 0.191 e. The predicted molar refractivity (Wildman–Crippen MR) is 106 cm³/mol. The highest BCUT2D eigenvalue weighted by Crippen LogP contribution is 2.20. The van der Waals surface area contributed by atoms with Crippen molar-refractivity contribution in [3.05, 3.63) is 47.6 Å². The fourth-order valence-corrected chi connectivity index (χ4v) is 3.25. The van der Waals surface area contributed by atoms with E-state index >= 15 is 0 Å². The van der Waals surface area contributed by atoms with E-state index in [1.165, 1.54) is 6.07 Å². The molecule has 1 saturated heterocycles. The minimum atomic E-state index is -0.201. The molecule has 2 heterocycles. The van der Waals surface area contributed by atoms with Crippen LogP contribution in [0.3, 0.4) is 0 Å². The largest absolute Gasteiger partial charge is 0.369 e. The van der Waals surface area contributed by atoms with Crippen molar-refractivity contribution in [2.45, 2.75) is 45.2 Å². The molecule has 0 amide bonds. The molecular weight excluding hydrogens is 345 g/mol. The third kappa shape index (κ3) is 5.21. The maximum Gasteiger partial charge on any atom is 0.191 e. The highest BCUT2D eigenvalue weighted by atomic mass is 19.1. The minimum Gasteiger partial charge on any atom is -0.369 e. The number of anilines is 1. The molecule has 6 nitrogen and oxygen atoms in total. The molecule has 2 aromatic rings. The summed E-state index contributed by atoms with van der Waals surface area (Å²) in [4.78, 5) is 6.52. The van der Waals surface area contributed by atoms with Crippen LogP contribution in [0.15, 0.2) is 39.8 Å². The van der Waals surface area contributed by atoms with Crippen LogP contribution in [0.1, 0.15) is 44.1 Å². The van der Waals surface area contributed by atoms with Gasteiger partial charge in [-0.3, -0.25) is 4.99 Å². The maximum atomic E-state index is 13.5. The molecular formula is C20H28FN5O. The van der Waals surface area contributed by atoms with Gasteiger partial charge in [-0.1, -0.05) is 25.1 Å². The maximum absolute atomic E-state index is 13.5. The highest BCUT2D eigenvalue weighted by Gasteiger charge is 2.21. The summed E-state index contributed by atoms with van der Waals surface area (Å²) in [6.45, 7) is 6.44. The van der Waals surface area contributed by atoms with E-state index in [1.807, 2.05) is 12.1 Å². The Labute approximate surface area is 159 Å². The lowest BCUT2D eigenvalue weighted by molar-refractivity contribution is 0.371. The lowest BCUT2D eigenvalue weighted by Gasteiger charge is -2.35. The Hall–Kier alpha value is -2.57. The van der Waals surface area contributed by atoms with Crippen LogP contribution in [0.4, 0.5) is 10.1 Å². The van der Waals surface area contributed by atoms with Crippen LogP contribution in [0.5, 0.6) is 0 Å². The van der Waals surface area contributed by atoms with E-state index in [4.69, 9.17) is 4.52 Å². The Morgan fingerprint density at radius 3 is 2.96 bits per heavy atom. The van der Waals surface area contributed by atoms with Gasteiger partial charge in [-0.2, -0.15) is 0 Å². The number of nitrogens with zero attached hydrogens (tertiary/aromatic N) is 3. The first-order valence-corrected chi connectivity index (χ1v) is 9.48. The van der Waals surface area contributed by atoms with Gasteiger partial charge in [0.2, 0.25) is 0 Å². The predicted octanol–water partition coefficient (Wildman–Crippen LogP) is 3.27. The van der Waals surface area contributed by atoms with Crippen molar-refractivity contribution >= 4 is 11.6 Å². The quantitative estimate of drug-likeness (QED) is 0.622. The zero-order valence-electron chi connectivity index (χ0n) is 16.2. The van der Waals surface area contributed by atoms with E-state index in [0.29, 0.717) is 12.5 Å². The molecule has 0 saturated carbocycles. The van der Waals surface area contributed by atoms with E-state index < -0.39 is 0 Å². The lowest BCUT2D eigenvalue weighted by Crippen LogP contribution is -2.51. The molecule has 0 spiro atoms. The van der Waals surface area contributed by atoms with E-state index in [9.17, 15) is 4.39 Å². The number of hydrogen-bond donors (Lipinski definition) is 2. The summed E-state index contributed by atoms with van der Waals surface area (Å²) in [6.07, 6.45) is 2.09. The first-order valence-electron chi connectivity index (χ1n) is 9.48. The first kappa shape index (κ1) is 19.2. The lowest BCUT2D eigenvalue weighted by atomic mass is 10.0. The molecule has 7 heteroatoms. The van der Waals surface area contributed by atoms with Gasteiger partial charge in [0.05, 0.1) is 12.2 Å². The Morgan fingerprint density at radius 1 is 1.41 bits per heavy atom. The molecule has 0 aliphatic carbocycles. The molecule has 1 fully saturated rings. The van der Waals surface area contributed by atoms with Gasteiger partial charge in [0.1, 0.15) is 5.82 Å². The molecule has 1 aromatic heterocycles. The highest BCUT2D eigenvalue weighted by molar-refractivity contribution is 5.80. The summed E-state index contributed by atoms with van der Waals surface area (Å²) in [5.74, 6) is 1.65. The molecule has 1 atom stereocenters. The summed E-state index contributed by atoms with van der Waals surface area (Å²) < 4.78 is 18.9. The van der Waals surface area contributed by atoms with Gasteiger partial charge in [-0.05, 0) is 37.0 Å². The third-order valence-electron chi connectivity index (χ3n) is 4.76. The number of aliphatic imine (C=N–C) groups is 1. The molecule has 27 heavy (non-hydrogen) atoms. The number of halogens is 1. The SMILES string of the molecule is CN=C(NCc1cc(C(C)C)no1)NC1CCCN(c2cccc(F)c2)C1.